The fourth-order valence-electron chi connectivity index (χ4n) is 3.80. The van der Waals surface area contributed by atoms with Crippen molar-refractivity contribution in [1.82, 2.24) is 0 Å². The molecule has 176 valence electrons. The maximum absolute atomic E-state index is 13.4. The average Bonchev–Trinajstić information content (AvgIpc) is 3.33. The lowest BCUT2D eigenvalue weighted by Gasteiger charge is -2.25. The number of Topliss-reactive ketones (excluding diaryl/α,β-unsaturated/α-hetero) is 1. The fourth-order valence-corrected chi connectivity index (χ4v) is 5.03. The number of hydrogen-bond acceptors (Lipinski definition) is 5. The molecule has 0 aliphatic carbocycles. The minimum atomic E-state index is -4.65. The molecule has 1 aliphatic rings. The van der Waals surface area contributed by atoms with Gasteiger partial charge in [-0.3, -0.25) is 14.5 Å². The van der Waals surface area contributed by atoms with Gasteiger partial charge in [0.15, 0.2) is 0 Å². The molecule has 4 rings (SSSR count). The highest BCUT2D eigenvalue weighted by Crippen LogP contribution is 2.46. The molecule has 2 aromatic carbocycles. The van der Waals surface area contributed by atoms with Crippen molar-refractivity contribution in [1.29, 1.82) is 0 Å². The molecule has 1 fully saturated rings. The topological polar surface area (TPSA) is 66.8 Å². The predicted molar refractivity (Wildman–Crippen MR) is 123 cm³/mol. The Hall–Kier alpha value is -3.30. The van der Waals surface area contributed by atoms with Crippen LogP contribution in [0.5, 0.6) is 5.75 Å². The van der Waals surface area contributed by atoms with Gasteiger partial charge in [-0.05, 0) is 60.3 Å². The maximum Gasteiger partial charge on any atom is 0.416 e. The number of ether oxygens (including phenoxy) is 1. The molecule has 1 saturated heterocycles. The number of amides is 1. The first-order valence-electron chi connectivity index (χ1n) is 9.90. The van der Waals surface area contributed by atoms with E-state index in [1.165, 1.54) is 36.6 Å². The predicted octanol–water partition coefficient (Wildman–Crippen LogP) is 6.36. The van der Waals surface area contributed by atoms with Gasteiger partial charge in [0.25, 0.3) is 11.7 Å². The van der Waals surface area contributed by atoms with E-state index < -0.39 is 35.2 Å². The van der Waals surface area contributed by atoms with Gasteiger partial charge in [-0.1, -0.05) is 17.7 Å². The van der Waals surface area contributed by atoms with Crippen LogP contribution < -0.4 is 9.64 Å². The Morgan fingerprint density at radius 3 is 2.50 bits per heavy atom. The van der Waals surface area contributed by atoms with Crippen molar-refractivity contribution >= 4 is 46.1 Å². The Morgan fingerprint density at radius 2 is 1.88 bits per heavy atom. The number of thiophene rings is 1. The van der Waals surface area contributed by atoms with Crippen LogP contribution in [-0.4, -0.2) is 23.9 Å². The van der Waals surface area contributed by atoms with Crippen molar-refractivity contribution < 1.29 is 32.6 Å². The summed E-state index contributed by atoms with van der Waals surface area (Å²) in [5, 5.41) is 13.0. The van der Waals surface area contributed by atoms with Gasteiger partial charge in [0.1, 0.15) is 17.6 Å². The summed E-state index contributed by atoms with van der Waals surface area (Å²) >= 11 is 7.47. The Morgan fingerprint density at radius 1 is 1.15 bits per heavy atom. The molecule has 34 heavy (non-hydrogen) atoms. The number of anilines is 1. The standard InChI is InChI=1S/C24H17ClF3NO4S/c1-12-8-9-34-22(12)19-18(20(30)16-11-15(33-2)6-7-17(16)25)21(31)23(32)29(19)14-5-3-4-13(10-14)24(26,27)28/h3-11,19,30H,1-2H3/b20-18-. The molecule has 0 radical (unpaired) electrons. The lowest BCUT2D eigenvalue weighted by atomic mass is 9.98. The molecule has 0 spiro atoms. The summed E-state index contributed by atoms with van der Waals surface area (Å²) in [7, 11) is 1.41. The molecule has 1 aromatic heterocycles. The van der Waals surface area contributed by atoms with Gasteiger partial charge in [-0.15, -0.1) is 11.3 Å². The third-order valence-corrected chi connectivity index (χ3v) is 6.88. The largest absolute Gasteiger partial charge is 0.507 e. The number of benzene rings is 2. The van der Waals surface area contributed by atoms with E-state index >= 15 is 0 Å². The first-order chi connectivity index (χ1) is 16.0. The molecule has 10 heteroatoms. The van der Waals surface area contributed by atoms with Crippen molar-refractivity contribution in [2.45, 2.75) is 19.1 Å². The molecule has 1 unspecified atom stereocenters. The number of nitrogens with zero attached hydrogens (tertiary/aromatic N) is 1. The Kier molecular flexibility index (Phi) is 6.18. The zero-order valence-electron chi connectivity index (χ0n) is 17.8. The first-order valence-corrected chi connectivity index (χ1v) is 11.2. The monoisotopic (exact) mass is 507 g/mol. The quantitative estimate of drug-likeness (QED) is 0.253. The number of rotatable bonds is 4. The van der Waals surface area contributed by atoms with Gasteiger partial charge >= 0.3 is 6.18 Å². The molecule has 5 nitrogen and oxygen atoms in total. The summed E-state index contributed by atoms with van der Waals surface area (Å²) in [4.78, 5) is 27.8. The zero-order chi connectivity index (χ0) is 24.8. The third-order valence-electron chi connectivity index (χ3n) is 5.47. The summed E-state index contributed by atoms with van der Waals surface area (Å²) in [6.45, 7) is 1.75. The van der Waals surface area contributed by atoms with Crippen molar-refractivity contribution in [3.05, 3.63) is 86.1 Å². The second kappa shape index (κ2) is 8.81. The number of halogens is 4. The highest BCUT2D eigenvalue weighted by atomic mass is 35.5. The Balaban J connectivity index is 1.97. The van der Waals surface area contributed by atoms with Crippen LogP contribution in [0.2, 0.25) is 5.02 Å². The normalized spacial score (nSPS) is 17.9. The maximum atomic E-state index is 13.4. The molecule has 3 aromatic rings. The summed E-state index contributed by atoms with van der Waals surface area (Å²) < 4.78 is 45.2. The summed E-state index contributed by atoms with van der Waals surface area (Å²) in [6.07, 6.45) is -4.65. The number of alkyl halides is 3. The molecule has 1 amide bonds. The van der Waals surface area contributed by atoms with Crippen LogP contribution in [-0.2, 0) is 15.8 Å². The van der Waals surface area contributed by atoms with Gasteiger partial charge in [-0.2, -0.15) is 13.2 Å². The second-order valence-electron chi connectivity index (χ2n) is 7.53. The van der Waals surface area contributed by atoms with E-state index in [0.29, 0.717) is 16.2 Å². The SMILES string of the molecule is COc1ccc(Cl)c(/C(O)=C2/C(=O)C(=O)N(c3cccc(C(F)(F)F)c3)C2c2sccc2C)c1. The van der Waals surface area contributed by atoms with Crippen molar-refractivity contribution in [2.24, 2.45) is 0 Å². The van der Waals surface area contributed by atoms with E-state index in [0.717, 1.165) is 23.1 Å². The van der Waals surface area contributed by atoms with Crippen LogP contribution in [0.15, 0.2) is 59.5 Å². The minimum Gasteiger partial charge on any atom is -0.507 e. The number of ketones is 1. The number of aryl methyl sites for hydroxylation is 1. The smallest absolute Gasteiger partial charge is 0.416 e. The number of carbonyl (C=O) groups excluding carboxylic acids is 2. The van der Waals surface area contributed by atoms with Crippen LogP contribution in [0.4, 0.5) is 18.9 Å². The molecule has 2 heterocycles. The van der Waals surface area contributed by atoms with Crippen LogP contribution in [0.1, 0.15) is 27.6 Å². The van der Waals surface area contributed by atoms with Gasteiger partial charge in [0.2, 0.25) is 0 Å². The van der Waals surface area contributed by atoms with Crippen molar-refractivity contribution in [3.63, 3.8) is 0 Å². The van der Waals surface area contributed by atoms with E-state index in [1.807, 2.05) is 0 Å². The van der Waals surface area contributed by atoms with E-state index in [1.54, 1.807) is 24.4 Å². The minimum absolute atomic E-state index is 0.0577. The molecular formula is C24H17ClF3NO4S. The van der Waals surface area contributed by atoms with E-state index in [2.05, 4.69) is 0 Å². The van der Waals surface area contributed by atoms with Crippen LogP contribution in [0.3, 0.4) is 0 Å². The van der Waals surface area contributed by atoms with Crippen molar-refractivity contribution in [3.8, 4) is 5.75 Å². The number of carbonyl (C=O) groups is 2. The average molecular weight is 508 g/mol. The number of aliphatic hydroxyl groups excluding tert-OH is 1. The second-order valence-corrected chi connectivity index (χ2v) is 8.89. The van der Waals surface area contributed by atoms with Crippen LogP contribution in [0.25, 0.3) is 5.76 Å². The lowest BCUT2D eigenvalue weighted by molar-refractivity contribution is -0.137. The highest BCUT2D eigenvalue weighted by molar-refractivity contribution is 7.10. The Labute approximate surface area is 201 Å². The summed E-state index contributed by atoms with van der Waals surface area (Å²) in [5.74, 6) is -2.29. The van der Waals surface area contributed by atoms with Gasteiger partial charge in [-0.25, -0.2) is 0 Å². The van der Waals surface area contributed by atoms with E-state index in [-0.39, 0.29) is 21.8 Å². The van der Waals surface area contributed by atoms with E-state index in [9.17, 15) is 27.9 Å². The van der Waals surface area contributed by atoms with Gasteiger partial charge < -0.3 is 9.84 Å². The number of hydrogen-bond donors (Lipinski definition) is 1. The fraction of sp³-hybridized carbons (Fsp3) is 0.167. The molecule has 0 bridgehead atoms. The molecular weight excluding hydrogens is 491 g/mol. The molecule has 1 aliphatic heterocycles. The third kappa shape index (κ3) is 4.05. The summed E-state index contributed by atoms with van der Waals surface area (Å²) in [5.41, 5.74) is -0.600. The van der Waals surface area contributed by atoms with Crippen LogP contribution in [0, 0.1) is 6.92 Å². The van der Waals surface area contributed by atoms with E-state index in [4.69, 9.17) is 16.3 Å². The number of aliphatic hydroxyl groups is 1. The Bertz CT molecular complexity index is 1330. The molecule has 1 N–H and O–H groups in total. The molecule has 1 atom stereocenters. The van der Waals surface area contributed by atoms with Gasteiger partial charge in [0, 0.05) is 16.1 Å². The first kappa shape index (κ1) is 23.8. The highest BCUT2D eigenvalue weighted by Gasteiger charge is 2.48. The van der Waals surface area contributed by atoms with Crippen LogP contribution >= 0.6 is 22.9 Å². The summed E-state index contributed by atoms with van der Waals surface area (Å²) in [6, 6.07) is 9.19. The molecule has 0 saturated carbocycles. The number of methoxy groups -OCH3 is 1. The van der Waals surface area contributed by atoms with Crippen molar-refractivity contribution in [2.75, 3.05) is 12.0 Å². The van der Waals surface area contributed by atoms with Gasteiger partial charge in [0.05, 0.1) is 23.3 Å². The lowest BCUT2D eigenvalue weighted by Crippen LogP contribution is -2.29. The zero-order valence-corrected chi connectivity index (χ0v) is 19.4.